The van der Waals surface area contributed by atoms with Crippen LogP contribution in [0.2, 0.25) is 0 Å². The van der Waals surface area contributed by atoms with Gasteiger partial charge in [0.05, 0.1) is 17.3 Å². The molecule has 5 nitrogen and oxygen atoms in total. The summed E-state index contributed by atoms with van der Waals surface area (Å²) in [5.74, 6) is 1.19. The van der Waals surface area contributed by atoms with Crippen molar-refractivity contribution >= 4 is 33.3 Å². The molecule has 1 aromatic heterocycles. The fourth-order valence-corrected chi connectivity index (χ4v) is 2.39. The van der Waals surface area contributed by atoms with E-state index < -0.39 is 0 Å². The van der Waals surface area contributed by atoms with Crippen molar-refractivity contribution in [2.24, 2.45) is 0 Å². The molecule has 0 atom stereocenters. The van der Waals surface area contributed by atoms with Crippen LogP contribution < -0.4 is 15.0 Å². The van der Waals surface area contributed by atoms with E-state index in [9.17, 15) is 4.79 Å². The van der Waals surface area contributed by atoms with Crippen LogP contribution in [0.4, 0.5) is 11.5 Å². The lowest BCUT2D eigenvalue weighted by atomic mass is 10.2. The van der Waals surface area contributed by atoms with Crippen molar-refractivity contribution < 1.29 is 9.53 Å². The van der Waals surface area contributed by atoms with Crippen molar-refractivity contribution in [2.45, 2.75) is 0 Å². The summed E-state index contributed by atoms with van der Waals surface area (Å²) in [7, 11) is 5.34. The van der Waals surface area contributed by atoms with Crippen LogP contribution in [-0.2, 0) is 0 Å². The SMILES string of the molecule is COc1ccc(C(=O)Nc2cccnc2N(C)C)cc1Br. The molecule has 0 fully saturated rings. The second-order valence-electron chi connectivity index (χ2n) is 4.57. The Labute approximate surface area is 132 Å². The molecule has 0 aliphatic carbocycles. The van der Waals surface area contributed by atoms with Gasteiger partial charge in [0, 0.05) is 25.9 Å². The van der Waals surface area contributed by atoms with Gasteiger partial charge in [-0.3, -0.25) is 4.79 Å². The standard InChI is InChI=1S/C15H16BrN3O2/c1-19(2)14-12(5-4-8-17-14)18-15(20)10-6-7-13(21-3)11(16)9-10/h4-9H,1-3H3,(H,18,20). The molecule has 0 saturated heterocycles. The van der Waals surface area contributed by atoms with Gasteiger partial charge in [0.1, 0.15) is 5.75 Å². The highest BCUT2D eigenvalue weighted by atomic mass is 79.9. The minimum Gasteiger partial charge on any atom is -0.496 e. The maximum Gasteiger partial charge on any atom is 0.255 e. The third-order valence-corrected chi connectivity index (χ3v) is 3.49. The Morgan fingerprint density at radius 1 is 1.33 bits per heavy atom. The van der Waals surface area contributed by atoms with Crippen LogP contribution in [0.1, 0.15) is 10.4 Å². The highest BCUT2D eigenvalue weighted by Gasteiger charge is 2.12. The lowest BCUT2D eigenvalue weighted by Crippen LogP contribution is -2.17. The number of anilines is 2. The van der Waals surface area contributed by atoms with E-state index in [0.717, 1.165) is 4.47 Å². The van der Waals surface area contributed by atoms with Gasteiger partial charge in [-0.05, 0) is 46.3 Å². The quantitative estimate of drug-likeness (QED) is 0.920. The number of aromatic nitrogens is 1. The van der Waals surface area contributed by atoms with Gasteiger partial charge in [0.2, 0.25) is 0 Å². The van der Waals surface area contributed by atoms with Gasteiger partial charge in [0.25, 0.3) is 5.91 Å². The maximum absolute atomic E-state index is 12.3. The van der Waals surface area contributed by atoms with Crippen molar-refractivity contribution in [1.29, 1.82) is 0 Å². The van der Waals surface area contributed by atoms with Crippen molar-refractivity contribution in [2.75, 3.05) is 31.4 Å². The Bertz CT molecular complexity index is 659. The third-order valence-electron chi connectivity index (χ3n) is 2.87. The first kappa shape index (κ1) is 15.3. The number of pyridine rings is 1. The van der Waals surface area contributed by atoms with E-state index >= 15 is 0 Å². The predicted molar refractivity (Wildman–Crippen MR) is 87.2 cm³/mol. The fourth-order valence-electron chi connectivity index (χ4n) is 1.85. The number of nitrogens with zero attached hydrogens (tertiary/aromatic N) is 2. The topological polar surface area (TPSA) is 54.5 Å². The summed E-state index contributed by atoms with van der Waals surface area (Å²) in [5.41, 5.74) is 1.20. The molecular formula is C15H16BrN3O2. The fraction of sp³-hybridized carbons (Fsp3) is 0.200. The van der Waals surface area contributed by atoms with Crippen LogP contribution in [0.3, 0.4) is 0 Å². The lowest BCUT2D eigenvalue weighted by Gasteiger charge is -2.16. The van der Waals surface area contributed by atoms with Gasteiger partial charge >= 0.3 is 0 Å². The molecule has 1 N–H and O–H groups in total. The third kappa shape index (κ3) is 3.52. The first-order chi connectivity index (χ1) is 10.0. The van der Waals surface area contributed by atoms with Gasteiger partial charge in [-0.25, -0.2) is 4.98 Å². The molecule has 0 radical (unpaired) electrons. The van der Waals surface area contributed by atoms with E-state index in [4.69, 9.17) is 4.74 Å². The summed E-state index contributed by atoms with van der Waals surface area (Å²) < 4.78 is 5.89. The van der Waals surface area contributed by atoms with Crippen molar-refractivity contribution in [1.82, 2.24) is 4.98 Å². The number of amides is 1. The molecule has 0 aliphatic rings. The second kappa shape index (κ2) is 6.58. The Morgan fingerprint density at radius 3 is 2.71 bits per heavy atom. The average molecular weight is 350 g/mol. The molecule has 0 unspecified atom stereocenters. The molecule has 0 saturated carbocycles. The Morgan fingerprint density at radius 2 is 2.10 bits per heavy atom. The molecule has 1 amide bonds. The second-order valence-corrected chi connectivity index (χ2v) is 5.43. The first-order valence-corrected chi connectivity index (χ1v) is 7.09. The highest BCUT2D eigenvalue weighted by Crippen LogP contribution is 2.26. The number of halogens is 1. The zero-order valence-corrected chi connectivity index (χ0v) is 13.6. The van der Waals surface area contributed by atoms with Crippen molar-refractivity contribution in [3.05, 3.63) is 46.6 Å². The number of nitrogens with one attached hydrogen (secondary N) is 1. The Hall–Kier alpha value is -2.08. The number of methoxy groups -OCH3 is 1. The Kier molecular flexibility index (Phi) is 4.80. The predicted octanol–water partition coefficient (Wildman–Crippen LogP) is 3.17. The van der Waals surface area contributed by atoms with Gasteiger partial charge < -0.3 is 15.0 Å². The molecular weight excluding hydrogens is 334 g/mol. The van der Waals surface area contributed by atoms with Crippen LogP contribution in [0, 0.1) is 0 Å². The van der Waals surface area contributed by atoms with Crippen LogP contribution in [-0.4, -0.2) is 32.1 Å². The molecule has 0 bridgehead atoms. The molecule has 0 spiro atoms. The number of hydrogen-bond donors (Lipinski definition) is 1. The molecule has 2 aromatic rings. The summed E-state index contributed by atoms with van der Waals surface area (Å²) >= 11 is 3.37. The van der Waals surface area contributed by atoms with Crippen LogP contribution in [0.15, 0.2) is 41.0 Å². The summed E-state index contributed by atoms with van der Waals surface area (Å²) in [4.78, 5) is 18.4. The summed E-state index contributed by atoms with van der Waals surface area (Å²) in [6.45, 7) is 0. The van der Waals surface area contributed by atoms with Gasteiger partial charge in [0.15, 0.2) is 5.82 Å². The van der Waals surface area contributed by atoms with E-state index in [0.29, 0.717) is 22.8 Å². The maximum atomic E-state index is 12.3. The van der Waals surface area contributed by atoms with E-state index in [1.807, 2.05) is 25.1 Å². The van der Waals surface area contributed by atoms with Crippen LogP contribution >= 0.6 is 15.9 Å². The molecule has 110 valence electrons. The lowest BCUT2D eigenvalue weighted by molar-refractivity contribution is 0.102. The smallest absolute Gasteiger partial charge is 0.255 e. The molecule has 1 aromatic carbocycles. The Balaban J connectivity index is 2.24. The monoisotopic (exact) mass is 349 g/mol. The van der Waals surface area contributed by atoms with Crippen LogP contribution in [0.25, 0.3) is 0 Å². The number of ether oxygens (including phenoxy) is 1. The van der Waals surface area contributed by atoms with E-state index in [-0.39, 0.29) is 5.91 Å². The number of benzene rings is 1. The van der Waals surface area contributed by atoms with Gasteiger partial charge in [-0.2, -0.15) is 0 Å². The highest BCUT2D eigenvalue weighted by molar-refractivity contribution is 9.10. The molecule has 21 heavy (non-hydrogen) atoms. The van der Waals surface area contributed by atoms with E-state index in [1.165, 1.54) is 0 Å². The molecule has 6 heteroatoms. The normalized spacial score (nSPS) is 10.1. The number of rotatable bonds is 4. The van der Waals surface area contributed by atoms with Gasteiger partial charge in [-0.1, -0.05) is 0 Å². The van der Waals surface area contributed by atoms with Gasteiger partial charge in [-0.15, -0.1) is 0 Å². The van der Waals surface area contributed by atoms with E-state index in [2.05, 4.69) is 26.2 Å². The molecule has 0 aliphatic heterocycles. The summed E-state index contributed by atoms with van der Waals surface area (Å²) in [5, 5.41) is 2.87. The van der Waals surface area contributed by atoms with Crippen LogP contribution in [0.5, 0.6) is 5.75 Å². The average Bonchev–Trinajstić information content (AvgIpc) is 2.47. The van der Waals surface area contributed by atoms with E-state index in [1.54, 1.807) is 37.6 Å². The molecule has 1 heterocycles. The first-order valence-electron chi connectivity index (χ1n) is 6.30. The van der Waals surface area contributed by atoms with Crippen molar-refractivity contribution in [3.8, 4) is 5.75 Å². The largest absolute Gasteiger partial charge is 0.496 e. The summed E-state index contributed by atoms with van der Waals surface area (Å²) in [6, 6.07) is 8.78. The zero-order valence-electron chi connectivity index (χ0n) is 12.1. The number of hydrogen-bond acceptors (Lipinski definition) is 4. The minimum atomic E-state index is -0.200. The minimum absolute atomic E-state index is 0.200. The number of carbonyl (C=O) groups is 1. The number of carbonyl (C=O) groups excluding carboxylic acids is 1. The summed E-state index contributed by atoms with van der Waals surface area (Å²) in [6.07, 6.45) is 1.69. The van der Waals surface area contributed by atoms with Crippen molar-refractivity contribution in [3.63, 3.8) is 0 Å². The molecule has 2 rings (SSSR count). The zero-order chi connectivity index (χ0) is 15.4.